The van der Waals surface area contributed by atoms with Crippen LogP contribution >= 0.6 is 0 Å². The first-order valence-corrected chi connectivity index (χ1v) is 2.39. The van der Waals surface area contributed by atoms with Gasteiger partial charge < -0.3 is 10.1 Å². The van der Waals surface area contributed by atoms with E-state index in [1.165, 1.54) is 0 Å². The van der Waals surface area contributed by atoms with Gasteiger partial charge in [0.05, 0.1) is 0 Å². The van der Waals surface area contributed by atoms with Gasteiger partial charge >= 0.3 is 5.82 Å². The molecule has 0 saturated carbocycles. The van der Waals surface area contributed by atoms with Crippen molar-refractivity contribution in [1.82, 2.24) is 4.98 Å². The Bertz CT molecular complexity index is 251. The summed E-state index contributed by atoms with van der Waals surface area (Å²) < 4.78 is 12.0. The molecule has 0 spiro atoms. The Balaban J connectivity index is 0.000001000. The van der Waals surface area contributed by atoms with Crippen LogP contribution in [0.25, 0.3) is 0 Å². The van der Waals surface area contributed by atoms with Gasteiger partial charge in [-0.3, -0.25) is 0 Å². The Labute approximate surface area is 74.4 Å². The second-order valence-electron chi connectivity index (χ2n) is 1.52. The summed E-state index contributed by atoms with van der Waals surface area (Å²) in [7, 11) is 0. The van der Waals surface area contributed by atoms with E-state index in [2.05, 4.69) is 4.98 Å². The van der Waals surface area contributed by atoms with Crippen molar-refractivity contribution in [1.29, 1.82) is 0 Å². The van der Waals surface area contributed by atoms with Crippen LogP contribution in [0.2, 0.25) is 0 Å². The monoisotopic (exact) mass is 205 g/mol. The van der Waals surface area contributed by atoms with Crippen molar-refractivity contribution in [3.05, 3.63) is 34.3 Å². The molecule has 0 aliphatic carbocycles. The van der Waals surface area contributed by atoms with Crippen molar-refractivity contribution >= 4 is 5.82 Å². The summed E-state index contributed by atoms with van der Waals surface area (Å²) >= 11 is 0. The summed E-state index contributed by atoms with van der Waals surface area (Å²) in [6.07, 6.45) is 1.82. The van der Waals surface area contributed by atoms with Crippen LogP contribution in [-0.4, -0.2) is 9.91 Å². The largest absolute Gasteiger partial charge is 0.364 e. The maximum atomic E-state index is 12.0. The molecule has 4 nitrogen and oxygen atoms in total. The van der Waals surface area contributed by atoms with Crippen LogP contribution in [0, 0.1) is 22.1 Å². The van der Waals surface area contributed by atoms with Gasteiger partial charge in [-0.2, -0.15) is 0 Å². The van der Waals surface area contributed by atoms with Crippen LogP contribution in [-0.2, 0) is 19.5 Å². The van der Waals surface area contributed by atoms with Crippen molar-refractivity contribution in [2.75, 3.05) is 0 Å². The third kappa shape index (κ3) is 2.68. The summed E-state index contributed by atoms with van der Waals surface area (Å²) in [4.78, 5) is 12.3. The molecule has 0 amide bonds. The molecule has 1 aromatic rings. The van der Waals surface area contributed by atoms with E-state index < -0.39 is 16.6 Å². The second-order valence-corrected chi connectivity index (χ2v) is 1.52. The number of hydrogen-bond acceptors (Lipinski definition) is 3. The zero-order valence-corrected chi connectivity index (χ0v) is 8.42. The Morgan fingerprint density at radius 2 is 2.27 bits per heavy atom. The number of halogens is 1. The molecule has 0 N–H and O–H groups in total. The molecule has 53 valence electrons. The maximum Gasteiger partial charge on any atom is 0.364 e. The zero-order valence-electron chi connectivity index (χ0n) is 5.45. The maximum absolute atomic E-state index is 12.0. The standard InChI is InChI=1S/C5H2FN2O2.Zn/c6-4-1-2-5(7-3-4)8(9)10;/h1-2H;. The molecule has 0 saturated heterocycles. The fourth-order valence-corrected chi connectivity index (χ4v) is 0.435. The van der Waals surface area contributed by atoms with E-state index in [9.17, 15) is 14.5 Å². The summed E-state index contributed by atoms with van der Waals surface area (Å²) in [5.74, 6) is -1.10. The molecule has 0 aliphatic heterocycles. The van der Waals surface area contributed by atoms with Crippen LogP contribution in [0.1, 0.15) is 0 Å². The molecule has 1 aromatic heterocycles. The first-order valence-electron chi connectivity index (χ1n) is 2.39. The molecule has 0 fully saturated rings. The number of pyridine rings is 1. The van der Waals surface area contributed by atoms with Crippen molar-refractivity contribution in [2.45, 2.75) is 0 Å². The van der Waals surface area contributed by atoms with Gasteiger partial charge in [0.2, 0.25) is 0 Å². The van der Waals surface area contributed by atoms with Crippen LogP contribution in [0.5, 0.6) is 0 Å². The fourth-order valence-electron chi connectivity index (χ4n) is 0.435. The molecular weight excluding hydrogens is 204 g/mol. The number of nitrogens with zero attached hydrogens (tertiary/aromatic N) is 2. The van der Waals surface area contributed by atoms with Crippen molar-refractivity contribution in [2.24, 2.45) is 0 Å². The van der Waals surface area contributed by atoms with Crippen LogP contribution in [0.3, 0.4) is 0 Å². The summed E-state index contributed by atoms with van der Waals surface area (Å²) in [5, 5.41) is 9.91. The molecule has 0 aromatic carbocycles. The Kier molecular flexibility index (Phi) is 3.75. The molecule has 1 heterocycles. The van der Waals surface area contributed by atoms with E-state index in [-0.39, 0.29) is 19.5 Å². The van der Waals surface area contributed by atoms with Crippen molar-refractivity contribution in [3.8, 4) is 0 Å². The van der Waals surface area contributed by atoms with E-state index in [0.29, 0.717) is 0 Å². The summed E-state index contributed by atoms with van der Waals surface area (Å²) in [5.41, 5.74) is 0. The normalized spacial score (nSPS) is 8.45. The van der Waals surface area contributed by atoms with Gasteiger partial charge in [-0.1, -0.05) is 0 Å². The van der Waals surface area contributed by atoms with Gasteiger partial charge in [-0.25, -0.2) is 4.39 Å². The minimum atomic E-state index is -0.712. The molecule has 6 heteroatoms. The Morgan fingerprint density at radius 3 is 2.64 bits per heavy atom. The quantitative estimate of drug-likeness (QED) is 0.390. The van der Waals surface area contributed by atoms with E-state index in [0.717, 1.165) is 12.1 Å². The predicted molar refractivity (Wildman–Crippen MR) is 29.7 cm³/mol. The van der Waals surface area contributed by atoms with E-state index in [1.807, 2.05) is 6.20 Å². The minimum Gasteiger partial charge on any atom is -0.358 e. The zero-order chi connectivity index (χ0) is 7.56. The average Bonchev–Trinajstić information content (AvgIpc) is 1.88. The SMILES string of the molecule is O=[N+]([O-])c1ccc(F)[c]n1.[Zn]. The molecule has 0 bridgehead atoms. The second kappa shape index (κ2) is 4.08. The first-order chi connectivity index (χ1) is 4.70. The first kappa shape index (κ1) is 10.1. The molecule has 0 unspecified atom stereocenters. The van der Waals surface area contributed by atoms with Gasteiger partial charge in [0.15, 0.2) is 5.82 Å². The smallest absolute Gasteiger partial charge is 0.358 e. The van der Waals surface area contributed by atoms with Gasteiger partial charge in [0.1, 0.15) is 0 Å². The number of nitro groups is 1. The van der Waals surface area contributed by atoms with Crippen LogP contribution in [0.15, 0.2) is 12.1 Å². The molecule has 0 atom stereocenters. The number of aromatic nitrogens is 1. The predicted octanol–water partition coefficient (Wildman–Crippen LogP) is 0.927. The van der Waals surface area contributed by atoms with Crippen LogP contribution in [0.4, 0.5) is 10.2 Å². The summed E-state index contributed by atoms with van der Waals surface area (Å²) in [6.45, 7) is 0. The third-order valence-corrected chi connectivity index (χ3v) is 0.843. The molecular formula is C5H2FN2O2Zn. The molecule has 11 heavy (non-hydrogen) atoms. The van der Waals surface area contributed by atoms with E-state index >= 15 is 0 Å². The van der Waals surface area contributed by atoms with Gasteiger partial charge in [0, 0.05) is 25.5 Å². The van der Waals surface area contributed by atoms with Gasteiger partial charge in [-0.05, 0) is 16.0 Å². The number of hydrogen-bond donors (Lipinski definition) is 0. The van der Waals surface area contributed by atoms with Crippen molar-refractivity contribution < 1.29 is 28.8 Å². The number of rotatable bonds is 1. The van der Waals surface area contributed by atoms with E-state index in [4.69, 9.17) is 0 Å². The topological polar surface area (TPSA) is 56.0 Å². The van der Waals surface area contributed by atoms with Crippen molar-refractivity contribution in [3.63, 3.8) is 0 Å². The average molecular weight is 206 g/mol. The fraction of sp³-hybridized carbons (Fsp3) is 0. The third-order valence-electron chi connectivity index (χ3n) is 0.843. The molecule has 0 aliphatic rings. The minimum absolute atomic E-state index is 0. The summed E-state index contributed by atoms with van der Waals surface area (Å²) in [6, 6.07) is 1.91. The van der Waals surface area contributed by atoms with Gasteiger partial charge in [0.25, 0.3) is 6.20 Å². The van der Waals surface area contributed by atoms with Gasteiger partial charge in [-0.15, -0.1) is 0 Å². The molecule has 1 rings (SSSR count). The Morgan fingerprint density at radius 1 is 1.64 bits per heavy atom. The van der Waals surface area contributed by atoms with Crippen LogP contribution < -0.4 is 0 Å². The van der Waals surface area contributed by atoms with E-state index in [1.54, 1.807) is 0 Å². The molecule has 1 radical (unpaired) electrons. The Hall–Kier alpha value is -0.897.